The Hall–Kier alpha value is -0.890. The van der Waals surface area contributed by atoms with Crippen LogP contribution in [0.5, 0.6) is 0 Å². The van der Waals surface area contributed by atoms with Crippen LogP contribution in [0.25, 0.3) is 0 Å². The number of aryl methyl sites for hydroxylation is 1. The number of hydrogen-bond donors (Lipinski definition) is 1. The van der Waals surface area contributed by atoms with E-state index in [4.69, 9.17) is 0 Å². The smallest absolute Gasteiger partial charge is 0.123 e. The van der Waals surface area contributed by atoms with Gasteiger partial charge in [0.2, 0.25) is 0 Å². The van der Waals surface area contributed by atoms with Gasteiger partial charge in [-0.05, 0) is 80.7 Å². The third kappa shape index (κ3) is 4.05. The molecule has 0 heterocycles. The third-order valence-electron chi connectivity index (χ3n) is 4.69. The zero-order chi connectivity index (χ0) is 14.5. The van der Waals surface area contributed by atoms with Gasteiger partial charge in [0.05, 0.1) is 0 Å². The van der Waals surface area contributed by atoms with Crippen molar-refractivity contribution in [1.82, 2.24) is 5.32 Å². The maximum atomic E-state index is 13.2. The highest BCUT2D eigenvalue weighted by atomic mass is 19.1. The molecule has 0 spiro atoms. The van der Waals surface area contributed by atoms with Crippen molar-refractivity contribution in [1.29, 1.82) is 0 Å². The van der Waals surface area contributed by atoms with Gasteiger partial charge in [-0.15, -0.1) is 0 Å². The molecule has 112 valence electrons. The van der Waals surface area contributed by atoms with E-state index in [0.29, 0.717) is 12.0 Å². The van der Waals surface area contributed by atoms with Crippen LogP contribution in [-0.4, -0.2) is 12.6 Å². The summed E-state index contributed by atoms with van der Waals surface area (Å²) in [4.78, 5) is 0. The molecule has 1 fully saturated rings. The van der Waals surface area contributed by atoms with E-state index in [9.17, 15) is 4.39 Å². The van der Waals surface area contributed by atoms with Crippen molar-refractivity contribution in [2.24, 2.45) is 11.8 Å². The fourth-order valence-electron chi connectivity index (χ4n) is 3.49. The van der Waals surface area contributed by atoms with Crippen molar-refractivity contribution >= 4 is 0 Å². The van der Waals surface area contributed by atoms with Crippen molar-refractivity contribution in [2.45, 2.75) is 58.9 Å². The van der Waals surface area contributed by atoms with Gasteiger partial charge in [0, 0.05) is 6.04 Å². The molecule has 2 rings (SSSR count). The minimum absolute atomic E-state index is 0.121. The van der Waals surface area contributed by atoms with Gasteiger partial charge in [-0.25, -0.2) is 4.39 Å². The van der Waals surface area contributed by atoms with Crippen LogP contribution in [0.2, 0.25) is 0 Å². The summed E-state index contributed by atoms with van der Waals surface area (Å²) in [5, 5.41) is 3.72. The van der Waals surface area contributed by atoms with E-state index in [2.05, 4.69) is 19.2 Å². The lowest BCUT2D eigenvalue weighted by molar-refractivity contribution is 0.212. The van der Waals surface area contributed by atoms with Gasteiger partial charge < -0.3 is 5.32 Å². The molecule has 1 aliphatic rings. The molecule has 1 aromatic rings. The molecule has 1 N–H and O–H groups in total. The number of hydrogen-bond acceptors (Lipinski definition) is 1. The molecule has 0 saturated heterocycles. The highest BCUT2D eigenvalue weighted by molar-refractivity contribution is 5.27. The van der Waals surface area contributed by atoms with Crippen LogP contribution < -0.4 is 5.32 Å². The van der Waals surface area contributed by atoms with Crippen LogP contribution >= 0.6 is 0 Å². The van der Waals surface area contributed by atoms with Crippen LogP contribution in [0, 0.1) is 24.6 Å². The molecule has 1 aromatic carbocycles. The molecule has 0 aromatic heterocycles. The molecule has 1 aliphatic carbocycles. The van der Waals surface area contributed by atoms with Crippen LogP contribution in [-0.2, 0) is 6.42 Å². The quantitative estimate of drug-likeness (QED) is 0.836. The number of rotatable bonds is 5. The van der Waals surface area contributed by atoms with Gasteiger partial charge in [0.1, 0.15) is 5.82 Å². The zero-order valence-corrected chi connectivity index (χ0v) is 13.1. The largest absolute Gasteiger partial charge is 0.314 e. The van der Waals surface area contributed by atoms with Gasteiger partial charge >= 0.3 is 0 Å². The fraction of sp³-hybridized carbons (Fsp3) is 0.667. The lowest BCUT2D eigenvalue weighted by Crippen LogP contribution is -2.41. The van der Waals surface area contributed by atoms with E-state index in [0.717, 1.165) is 24.4 Å². The van der Waals surface area contributed by atoms with Crippen molar-refractivity contribution < 1.29 is 4.39 Å². The Bertz CT molecular complexity index is 427. The molecule has 0 radical (unpaired) electrons. The van der Waals surface area contributed by atoms with Gasteiger partial charge in [-0.3, -0.25) is 0 Å². The minimum Gasteiger partial charge on any atom is -0.314 e. The Morgan fingerprint density at radius 1 is 1.30 bits per heavy atom. The summed E-state index contributed by atoms with van der Waals surface area (Å²) < 4.78 is 13.2. The Morgan fingerprint density at radius 2 is 2.10 bits per heavy atom. The average Bonchev–Trinajstić information content (AvgIpc) is 2.41. The van der Waals surface area contributed by atoms with Crippen molar-refractivity contribution in [3.05, 3.63) is 35.1 Å². The summed E-state index contributed by atoms with van der Waals surface area (Å²) in [5.41, 5.74) is 2.41. The first kappa shape index (κ1) is 15.5. The summed E-state index contributed by atoms with van der Waals surface area (Å²) >= 11 is 0. The number of nitrogens with one attached hydrogen (secondary N) is 1. The molecule has 2 heteroatoms. The zero-order valence-electron chi connectivity index (χ0n) is 13.1. The molecule has 20 heavy (non-hydrogen) atoms. The topological polar surface area (TPSA) is 12.0 Å². The number of benzene rings is 1. The third-order valence-corrected chi connectivity index (χ3v) is 4.69. The van der Waals surface area contributed by atoms with Crippen molar-refractivity contribution in [3.8, 4) is 0 Å². The maximum absolute atomic E-state index is 13.2. The van der Waals surface area contributed by atoms with Crippen LogP contribution in [0.15, 0.2) is 18.2 Å². The van der Waals surface area contributed by atoms with Gasteiger partial charge in [0.15, 0.2) is 0 Å². The SMILES string of the molecule is CCCNC1CCC(C)CC1Cc1ccc(F)cc1C. The molecule has 0 aliphatic heterocycles. The molecule has 1 saturated carbocycles. The standard InChI is InChI=1S/C18H28FN/c1-4-9-20-18-8-5-13(2)10-16(18)12-15-6-7-17(19)11-14(15)3/h6-7,11,13,16,18,20H,4-5,8-10,12H2,1-3H3. The van der Waals surface area contributed by atoms with Crippen LogP contribution in [0.3, 0.4) is 0 Å². The summed E-state index contributed by atoms with van der Waals surface area (Å²) in [7, 11) is 0. The number of halogens is 1. The summed E-state index contributed by atoms with van der Waals surface area (Å²) in [6.45, 7) is 7.72. The average molecular weight is 277 g/mol. The van der Waals surface area contributed by atoms with Crippen LogP contribution in [0.1, 0.15) is 50.7 Å². The van der Waals surface area contributed by atoms with Crippen LogP contribution in [0.4, 0.5) is 4.39 Å². The predicted molar refractivity (Wildman–Crippen MR) is 83.4 cm³/mol. The highest BCUT2D eigenvalue weighted by Gasteiger charge is 2.28. The summed E-state index contributed by atoms with van der Waals surface area (Å²) in [5.74, 6) is 1.39. The molecule has 0 amide bonds. The Labute approximate surface area is 123 Å². The second kappa shape index (κ2) is 7.21. The Kier molecular flexibility index (Phi) is 5.59. The molecular weight excluding hydrogens is 249 g/mol. The Balaban J connectivity index is 2.06. The minimum atomic E-state index is -0.121. The summed E-state index contributed by atoms with van der Waals surface area (Å²) in [6.07, 6.45) is 6.18. The van der Waals surface area contributed by atoms with Gasteiger partial charge in [-0.1, -0.05) is 19.9 Å². The molecule has 3 unspecified atom stereocenters. The van der Waals surface area contributed by atoms with Gasteiger partial charge in [0.25, 0.3) is 0 Å². The second-order valence-electron chi connectivity index (χ2n) is 6.51. The first-order chi connectivity index (χ1) is 9.60. The Morgan fingerprint density at radius 3 is 2.80 bits per heavy atom. The summed E-state index contributed by atoms with van der Waals surface area (Å²) in [6, 6.07) is 5.87. The second-order valence-corrected chi connectivity index (χ2v) is 6.51. The van der Waals surface area contributed by atoms with E-state index in [-0.39, 0.29) is 5.82 Å². The van der Waals surface area contributed by atoms with Crippen molar-refractivity contribution in [3.63, 3.8) is 0 Å². The fourth-order valence-corrected chi connectivity index (χ4v) is 3.49. The normalized spacial score (nSPS) is 26.7. The highest BCUT2D eigenvalue weighted by Crippen LogP contribution is 2.32. The van der Waals surface area contributed by atoms with Crippen molar-refractivity contribution in [2.75, 3.05) is 6.54 Å². The van der Waals surface area contributed by atoms with E-state index in [1.165, 1.54) is 31.2 Å². The molecular formula is C18H28FN. The van der Waals surface area contributed by atoms with E-state index >= 15 is 0 Å². The van der Waals surface area contributed by atoms with E-state index in [1.54, 1.807) is 12.1 Å². The molecule has 0 bridgehead atoms. The lowest BCUT2D eigenvalue weighted by atomic mass is 9.75. The first-order valence-corrected chi connectivity index (χ1v) is 8.08. The van der Waals surface area contributed by atoms with E-state index in [1.807, 2.05) is 13.0 Å². The molecule has 3 atom stereocenters. The predicted octanol–water partition coefficient (Wildman–Crippen LogP) is 4.48. The maximum Gasteiger partial charge on any atom is 0.123 e. The van der Waals surface area contributed by atoms with Gasteiger partial charge in [-0.2, -0.15) is 0 Å². The van der Waals surface area contributed by atoms with E-state index < -0.39 is 0 Å². The lowest BCUT2D eigenvalue weighted by Gasteiger charge is -2.36. The monoisotopic (exact) mass is 277 g/mol. The molecule has 1 nitrogen and oxygen atoms in total. The first-order valence-electron chi connectivity index (χ1n) is 8.08.